The number of hydrogen-bond acceptors (Lipinski definition) is 4. The molecule has 2 rings (SSSR count). The quantitative estimate of drug-likeness (QED) is 0.606. The van der Waals surface area contributed by atoms with Gasteiger partial charge in [-0.1, -0.05) is 13.8 Å². The van der Waals surface area contributed by atoms with Gasteiger partial charge in [-0.25, -0.2) is 9.97 Å². The first kappa shape index (κ1) is 12.9. The fraction of sp³-hybridized carbons (Fsp3) is 0.571. The van der Waals surface area contributed by atoms with Crippen LogP contribution in [0.3, 0.4) is 0 Å². The van der Waals surface area contributed by atoms with Crippen LogP contribution in [-0.4, -0.2) is 21.5 Å². The van der Waals surface area contributed by atoms with Crippen molar-refractivity contribution in [3.8, 4) is 0 Å². The Hall–Kier alpha value is -1.58. The summed E-state index contributed by atoms with van der Waals surface area (Å²) in [5.41, 5.74) is 0. The van der Waals surface area contributed by atoms with Gasteiger partial charge in [0.15, 0.2) is 5.82 Å². The first-order valence-electron chi connectivity index (χ1n) is 6.43. The zero-order valence-corrected chi connectivity index (χ0v) is 10.8. The lowest BCUT2D eigenvalue weighted by atomic mass is 9.74. The Balaban J connectivity index is 2.16. The van der Waals surface area contributed by atoms with E-state index in [1.54, 1.807) is 6.07 Å². The number of ketones is 2. The van der Waals surface area contributed by atoms with Crippen molar-refractivity contribution >= 4 is 11.6 Å². The summed E-state index contributed by atoms with van der Waals surface area (Å²) in [5, 5.41) is 0. The molecule has 4 heteroatoms. The summed E-state index contributed by atoms with van der Waals surface area (Å²) < 4.78 is 0. The minimum atomic E-state index is -0.534. The van der Waals surface area contributed by atoms with Crippen molar-refractivity contribution in [2.24, 2.45) is 17.8 Å². The van der Waals surface area contributed by atoms with Crippen LogP contribution in [0.4, 0.5) is 0 Å². The van der Waals surface area contributed by atoms with Crippen LogP contribution in [0.2, 0.25) is 0 Å². The summed E-state index contributed by atoms with van der Waals surface area (Å²) in [6.07, 6.45) is 5.12. The van der Waals surface area contributed by atoms with Crippen LogP contribution in [-0.2, 0) is 4.79 Å². The Labute approximate surface area is 107 Å². The van der Waals surface area contributed by atoms with Gasteiger partial charge in [-0.15, -0.1) is 0 Å². The third-order valence-corrected chi connectivity index (χ3v) is 3.73. The monoisotopic (exact) mass is 246 g/mol. The summed E-state index contributed by atoms with van der Waals surface area (Å²) in [4.78, 5) is 32.0. The Bertz CT molecular complexity index is 442. The lowest BCUT2D eigenvalue weighted by Gasteiger charge is -2.29. The molecule has 0 spiro atoms. The number of hydrogen-bond donors (Lipinski definition) is 0. The smallest absolute Gasteiger partial charge is 0.210 e. The molecule has 0 bridgehead atoms. The van der Waals surface area contributed by atoms with Crippen molar-refractivity contribution in [2.75, 3.05) is 0 Å². The van der Waals surface area contributed by atoms with E-state index in [9.17, 15) is 9.59 Å². The van der Waals surface area contributed by atoms with E-state index in [0.717, 1.165) is 6.42 Å². The van der Waals surface area contributed by atoms with E-state index in [4.69, 9.17) is 0 Å². The maximum atomic E-state index is 12.2. The van der Waals surface area contributed by atoms with Crippen molar-refractivity contribution in [2.45, 2.75) is 33.1 Å². The highest BCUT2D eigenvalue weighted by Crippen LogP contribution is 2.32. The van der Waals surface area contributed by atoms with Gasteiger partial charge in [0, 0.05) is 18.8 Å². The van der Waals surface area contributed by atoms with E-state index in [-0.39, 0.29) is 17.4 Å². The standard InChI is InChI=1S/C14H18N2O2/c1-9(2)10-4-5-12(17)11(8-10)13(18)14-15-6-3-7-16-14/h3,6-7,9-11H,4-5,8H2,1-2H3. The molecule has 0 aromatic carbocycles. The summed E-state index contributed by atoms with van der Waals surface area (Å²) in [7, 11) is 0. The minimum Gasteiger partial charge on any atom is -0.299 e. The van der Waals surface area contributed by atoms with Crippen LogP contribution in [0.25, 0.3) is 0 Å². The maximum Gasteiger partial charge on any atom is 0.210 e. The number of carbonyl (C=O) groups is 2. The van der Waals surface area contributed by atoms with E-state index in [0.29, 0.717) is 24.7 Å². The van der Waals surface area contributed by atoms with Gasteiger partial charge in [-0.3, -0.25) is 9.59 Å². The van der Waals surface area contributed by atoms with Gasteiger partial charge in [0.1, 0.15) is 5.78 Å². The van der Waals surface area contributed by atoms with E-state index in [2.05, 4.69) is 23.8 Å². The first-order chi connectivity index (χ1) is 8.59. The molecule has 1 fully saturated rings. The normalized spacial score (nSPS) is 24.3. The number of carbonyl (C=O) groups excluding carboxylic acids is 2. The lowest BCUT2D eigenvalue weighted by molar-refractivity contribution is -0.124. The van der Waals surface area contributed by atoms with Gasteiger partial charge < -0.3 is 0 Å². The summed E-state index contributed by atoms with van der Waals surface area (Å²) in [6.45, 7) is 4.28. The van der Waals surface area contributed by atoms with Crippen LogP contribution in [0.15, 0.2) is 18.5 Å². The molecule has 0 radical (unpaired) electrons. The van der Waals surface area contributed by atoms with E-state index in [1.165, 1.54) is 12.4 Å². The molecule has 1 aliphatic carbocycles. The maximum absolute atomic E-state index is 12.2. The van der Waals surface area contributed by atoms with Crippen molar-refractivity contribution in [3.05, 3.63) is 24.3 Å². The molecule has 0 aliphatic heterocycles. The Kier molecular flexibility index (Phi) is 3.84. The molecule has 96 valence electrons. The molecule has 4 nitrogen and oxygen atoms in total. The van der Waals surface area contributed by atoms with Crippen LogP contribution in [0, 0.1) is 17.8 Å². The summed E-state index contributed by atoms with van der Waals surface area (Å²) >= 11 is 0. The molecule has 2 atom stereocenters. The Morgan fingerprint density at radius 1 is 1.33 bits per heavy atom. The second-order valence-electron chi connectivity index (χ2n) is 5.23. The van der Waals surface area contributed by atoms with Crippen LogP contribution in [0.1, 0.15) is 43.7 Å². The van der Waals surface area contributed by atoms with Gasteiger partial charge in [0.05, 0.1) is 5.92 Å². The third-order valence-electron chi connectivity index (χ3n) is 3.73. The summed E-state index contributed by atoms with van der Waals surface area (Å²) in [5.74, 6) is 0.412. The predicted molar refractivity (Wildman–Crippen MR) is 67.0 cm³/mol. The second kappa shape index (κ2) is 5.38. The minimum absolute atomic E-state index is 0.0457. The molecule has 18 heavy (non-hydrogen) atoms. The predicted octanol–water partition coefficient (Wildman–Crippen LogP) is 2.30. The zero-order chi connectivity index (χ0) is 13.1. The average molecular weight is 246 g/mol. The fourth-order valence-electron chi connectivity index (χ4n) is 2.49. The van der Waals surface area contributed by atoms with Crippen molar-refractivity contribution in [3.63, 3.8) is 0 Å². The summed E-state index contributed by atoms with van der Waals surface area (Å²) in [6, 6.07) is 1.66. The largest absolute Gasteiger partial charge is 0.299 e. The van der Waals surface area contributed by atoms with E-state index < -0.39 is 5.92 Å². The first-order valence-corrected chi connectivity index (χ1v) is 6.43. The highest BCUT2D eigenvalue weighted by atomic mass is 16.2. The van der Waals surface area contributed by atoms with Crippen LogP contribution in [0.5, 0.6) is 0 Å². The second-order valence-corrected chi connectivity index (χ2v) is 5.23. The molecular formula is C14H18N2O2. The Morgan fingerprint density at radius 3 is 2.61 bits per heavy atom. The van der Waals surface area contributed by atoms with E-state index >= 15 is 0 Å². The zero-order valence-electron chi connectivity index (χ0n) is 10.8. The fourth-order valence-corrected chi connectivity index (χ4v) is 2.49. The van der Waals surface area contributed by atoms with Gasteiger partial charge >= 0.3 is 0 Å². The number of nitrogens with zero attached hydrogens (tertiary/aromatic N) is 2. The highest BCUT2D eigenvalue weighted by molar-refractivity contribution is 6.09. The number of aromatic nitrogens is 2. The molecule has 1 aliphatic rings. The van der Waals surface area contributed by atoms with Crippen molar-refractivity contribution in [1.82, 2.24) is 9.97 Å². The molecular weight excluding hydrogens is 228 g/mol. The van der Waals surface area contributed by atoms with Gasteiger partial charge in [0.2, 0.25) is 5.78 Å². The molecule has 1 aromatic rings. The highest BCUT2D eigenvalue weighted by Gasteiger charge is 2.36. The number of Topliss-reactive ketones (excluding diaryl/α,β-unsaturated/α-hetero) is 2. The molecule has 1 aromatic heterocycles. The lowest BCUT2D eigenvalue weighted by Crippen LogP contribution is -2.33. The topological polar surface area (TPSA) is 59.9 Å². The van der Waals surface area contributed by atoms with E-state index in [1.807, 2.05) is 0 Å². The van der Waals surface area contributed by atoms with Gasteiger partial charge in [-0.2, -0.15) is 0 Å². The van der Waals surface area contributed by atoms with Crippen molar-refractivity contribution in [1.29, 1.82) is 0 Å². The average Bonchev–Trinajstić information content (AvgIpc) is 2.39. The van der Waals surface area contributed by atoms with Gasteiger partial charge in [-0.05, 0) is 30.7 Å². The molecule has 1 heterocycles. The van der Waals surface area contributed by atoms with Crippen LogP contribution >= 0.6 is 0 Å². The molecule has 0 saturated heterocycles. The molecule has 1 saturated carbocycles. The van der Waals surface area contributed by atoms with Crippen molar-refractivity contribution < 1.29 is 9.59 Å². The van der Waals surface area contributed by atoms with Crippen LogP contribution < -0.4 is 0 Å². The third kappa shape index (κ3) is 2.63. The van der Waals surface area contributed by atoms with Gasteiger partial charge in [0.25, 0.3) is 0 Å². The molecule has 2 unspecified atom stereocenters. The molecule has 0 amide bonds. The number of rotatable bonds is 3. The SMILES string of the molecule is CC(C)C1CCC(=O)C(C(=O)c2ncccn2)C1. The molecule has 0 N–H and O–H groups in total. The Morgan fingerprint density at radius 2 is 2.00 bits per heavy atom.